The maximum Gasteiger partial charge on any atom is 0.251 e. The van der Waals surface area contributed by atoms with Gasteiger partial charge < -0.3 is 15.4 Å². The number of anilines is 1. The molecule has 1 heterocycles. The van der Waals surface area contributed by atoms with Gasteiger partial charge in [0.15, 0.2) is 0 Å². The molecule has 0 saturated heterocycles. The van der Waals surface area contributed by atoms with Crippen molar-refractivity contribution in [3.63, 3.8) is 0 Å². The fraction of sp³-hybridized carbons (Fsp3) is 0.182. The van der Waals surface area contributed by atoms with Gasteiger partial charge in [-0.05, 0) is 42.3 Å². The molecule has 0 aliphatic rings. The van der Waals surface area contributed by atoms with Crippen molar-refractivity contribution in [1.29, 1.82) is 0 Å². The predicted octanol–water partition coefficient (Wildman–Crippen LogP) is 4.33. The van der Waals surface area contributed by atoms with Crippen molar-refractivity contribution in [3.8, 4) is 5.75 Å². The van der Waals surface area contributed by atoms with E-state index in [2.05, 4.69) is 15.6 Å². The first-order chi connectivity index (χ1) is 13.7. The molecule has 0 atom stereocenters. The summed E-state index contributed by atoms with van der Waals surface area (Å²) in [4.78, 5) is 16.8. The molecule has 0 spiro atoms. The molecule has 3 rings (SSSR count). The molecule has 2 N–H and O–H groups in total. The van der Waals surface area contributed by atoms with E-state index < -0.39 is 0 Å². The summed E-state index contributed by atoms with van der Waals surface area (Å²) in [6.45, 7) is 1.09. The Labute approximate surface area is 169 Å². The van der Waals surface area contributed by atoms with Crippen LogP contribution in [0.25, 0.3) is 0 Å². The van der Waals surface area contributed by atoms with E-state index in [1.54, 1.807) is 25.4 Å². The number of hydrogen-bond acceptors (Lipinski definition) is 4. The smallest absolute Gasteiger partial charge is 0.251 e. The standard InChI is InChI=1S/C22H22ClN3O2/c1-28-20-8-3-2-6-18(20)15-26-22(27)17-10-12-25-21(14-17)24-11-9-16-5-4-7-19(23)13-16/h2-8,10,12-14H,9,11,15H2,1H3,(H,24,25)(H,26,27). The lowest BCUT2D eigenvalue weighted by molar-refractivity contribution is 0.0950. The van der Waals surface area contributed by atoms with Crippen molar-refractivity contribution in [2.24, 2.45) is 0 Å². The SMILES string of the molecule is COc1ccccc1CNC(=O)c1ccnc(NCCc2cccc(Cl)c2)c1. The summed E-state index contributed by atoms with van der Waals surface area (Å²) in [6, 6.07) is 18.8. The molecule has 3 aromatic rings. The van der Waals surface area contributed by atoms with E-state index in [0.29, 0.717) is 24.5 Å². The lowest BCUT2D eigenvalue weighted by Crippen LogP contribution is -2.23. The summed E-state index contributed by atoms with van der Waals surface area (Å²) in [5, 5.41) is 6.89. The van der Waals surface area contributed by atoms with Crippen LogP contribution in [0.5, 0.6) is 5.75 Å². The lowest BCUT2D eigenvalue weighted by Gasteiger charge is -2.10. The average Bonchev–Trinajstić information content (AvgIpc) is 2.72. The molecule has 2 aromatic carbocycles. The van der Waals surface area contributed by atoms with Crippen molar-refractivity contribution in [2.45, 2.75) is 13.0 Å². The summed E-state index contributed by atoms with van der Waals surface area (Å²) in [6.07, 6.45) is 2.44. The number of benzene rings is 2. The fourth-order valence-electron chi connectivity index (χ4n) is 2.82. The number of methoxy groups -OCH3 is 1. The number of aromatic nitrogens is 1. The average molecular weight is 396 g/mol. The van der Waals surface area contributed by atoms with Crippen molar-refractivity contribution in [3.05, 3.63) is 88.6 Å². The van der Waals surface area contributed by atoms with Gasteiger partial charge >= 0.3 is 0 Å². The number of carbonyl (C=O) groups excluding carboxylic acids is 1. The summed E-state index contributed by atoms with van der Waals surface area (Å²) in [7, 11) is 1.62. The summed E-state index contributed by atoms with van der Waals surface area (Å²) in [5.41, 5.74) is 2.62. The van der Waals surface area contributed by atoms with E-state index in [-0.39, 0.29) is 5.91 Å². The molecule has 0 unspecified atom stereocenters. The molecule has 1 aromatic heterocycles. The van der Waals surface area contributed by atoms with Crippen LogP contribution in [-0.4, -0.2) is 24.5 Å². The Morgan fingerprint density at radius 3 is 2.79 bits per heavy atom. The van der Waals surface area contributed by atoms with Gasteiger partial charge in [-0.1, -0.05) is 41.9 Å². The van der Waals surface area contributed by atoms with Crippen LogP contribution in [0.1, 0.15) is 21.5 Å². The Bertz CT molecular complexity index is 946. The first-order valence-electron chi connectivity index (χ1n) is 9.00. The van der Waals surface area contributed by atoms with Crippen LogP contribution >= 0.6 is 11.6 Å². The van der Waals surface area contributed by atoms with Gasteiger partial charge in [0.05, 0.1) is 7.11 Å². The number of ether oxygens (including phenoxy) is 1. The molecule has 0 fully saturated rings. The van der Waals surface area contributed by atoms with Crippen LogP contribution in [0, 0.1) is 0 Å². The first kappa shape index (κ1) is 19.7. The predicted molar refractivity (Wildman–Crippen MR) is 112 cm³/mol. The molecule has 144 valence electrons. The molecular formula is C22H22ClN3O2. The van der Waals surface area contributed by atoms with Crippen molar-refractivity contribution in [1.82, 2.24) is 10.3 Å². The molecule has 0 saturated carbocycles. The van der Waals surface area contributed by atoms with Gasteiger partial charge in [-0.2, -0.15) is 0 Å². The molecule has 0 aliphatic heterocycles. The quantitative estimate of drug-likeness (QED) is 0.596. The fourth-order valence-corrected chi connectivity index (χ4v) is 3.04. The Morgan fingerprint density at radius 1 is 1.11 bits per heavy atom. The molecule has 5 nitrogen and oxygen atoms in total. The Morgan fingerprint density at radius 2 is 1.96 bits per heavy atom. The number of para-hydroxylation sites is 1. The van der Waals surface area contributed by atoms with Gasteiger partial charge in [0, 0.05) is 35.4 Å². The molecular weight excluding hydrogens is 374 g/mol. The number of hydrogen-bond donors (Lipinski definition) is 2. The van der Waals surface area contributed by atoms with Gasteiger partial charge in [0.2, 0.25) is 0 Å². The van der Waals surface area contributed by atoms with Crippen LogP contribution in [0.15, 0.2) is 66.9 Å². The number of rotatable bonds is 8. The highest BCUT2D eigenvalue weighted by atomic mass is 35.5. The number of halogens is 1. The third kappa shape index (κ3) is 5.47. The van der Waals surface area contributed by atoms with Crippen LogP contribution in [0.2, 0.25) is 5.02 Å². The minimum atomic E-state index is -0.161. The van der Waals surface area contributed by atoms with Crippen molar-refractivity contribution >= 4 is 23.3 Å². The van der Waals surface area contributed by atoms with E-state index in [1.807, 2.05) is 48.5 Å². The Kier molecular flexibility index (Phi) is 6.87. The first-order valence-corrected chi connectivity index (χ1v) is 9.38. The van der Waals surface area contributed by atoms with Gasteiger partial charge in [-0.3, -0.25) is 4.79 Å². The second kappa shape index (κ2) is 9.76. The second-order valence-corrected chi connectivity index (χ2v) is 6.67. The Balaban J connectivity index is 1.55. The molecule has 0 aliphatic carbocycles. The maximum atomic E-state index is 12.5. The normalized spacial score (nSPS) is 10.4. The second-order valence-electron chi connectivity index (χ2n) is 6.23. The number of nitrogens with one attached hydrogen (secondary N) is 2. The van der Waals surface area contributed by atoms with Gasteiger partial charge in [-0.25, -0.2) is 4.98 Å². The maximum absolute atomic E-state index is 12.5. The van der Waals surface area contributed by atoms with E-state index in [0.717, 1.165) is 28.3 Å². The van der Waals surface area contributed by atoms with Gasteiger partial charge in [-0.15, -0.1) is 0 Å². The summed E-state index contributed by atoms with van der Waals surface area (Å²) >= 11 is 6.00. The third-order valence-electron chi connectivity index (χ3n) is 4.26. The molecule has 6 heteroatoms. The summed E-state index contributed by atoms with van der Waals surface area (Å²) in [5.74, 6) is 1.25. The number of pyridine rings is 1. The zero-order chi connectivity index (χ0) is 19.8. The van der Waals surface area contributed by atoms with E-state index in [1.165, 1.54) is 0 Å². The molecule has 1 amide bonds. The van der Waals surface area contributed by atoms with Crippen LogP contribution in [-0.2, 0) is 13.0 Å². The largest absolute Gasteiger partial charge is 0.496 e. The summed E-state index contributed by atoms with van der Waals surface area (Å²) < 4.78 is 5.31. The number of carbonyl (C=O) groups is 1. The van der Waals surface area contributed by atoms with E-state index in [4.69, 9.17) is 16.3 Å². The minimum Gasteiger partial charge on any atom is -0.496 e. The van der Waals surface area contributed by atoms with E-state index in [9.17, 15) is 4.79 Å². The van der Waals surface area contributed by atoms with Crippen molar-refractivity contribution in [2.75, 3.05) is 19.0 Å². The zero-order valence-corrected chi connectivity index (χ0v) is 16.4. The van der Waals surface area contributed by atoms with Crippen LogP contribution in [0.3, 0.4) is 0 Å². The van der Waals surface area contributed by atoms with Crippen LogP contribution in [0.4, 0.5) is 5.82 Å². The molecule has 28 heavy (non-hydrogen) atoms. The highest BCUT2D eigenvalue weighted by Gasteiger charge is 2.09. The van der Waals surface area contributed by atoms with Crippen LogP contribution < -0.4 is 15.4 Å². The third-order valence-corrected chi connectivity index (χ3v) is 4.50. The molecule has 0 radical (unpaired) electrons. The monoisotopic (exact) mass is 395 g/mol. The zero-order valence-electron chi connectivity index (χ0n) is 15.6. The van der Waals surface area contributed by atoms with E-state index >= 15 is 0 Å². The highest BCUT2D eigenvalue weighted by Crippen LogP contribution is 2.17. The Hall–Kier alpha value is -3.05. The topological polar surface area (TPSA) is 63.2 Å². The van der Waals surface area contributed by atoms with Crippen molar-refractivity contribution < 1.29 is 9.53 Å². The van der Waals surface area contributed by atoms with Gasteiger partial charge in [0.1, 0.15) is 11.6 Å². The lowest BCUT2D eigenvalue weighted by atomic mass is 10.1. The highest BCUT2D eigenvalue weighted by molar-refractivity contribution is 6.30. The minimum absolute atomic E-state index is 0.161. The number of amides is 1. The number of nitrogens with zero attached hydrogens (tertiary/aromatic N) is 1. The van der Waals surface area contributed by atoms with Gasteiger partial charge in [0.25, 0.3) is 5.91 Å². The molecule has 0 bridgehead atoms.